The fourth-order valence-corrected chi connectivity index (χ4v) is 1.62. The number of unbranched alkanes of at least 4 members (excludes halogenated alkanes) is 2. The lowest BCUT2D eigenvalue weighted by Gasteiger charge is -2.05. The minimum atomic E-state index is -0.200. The Kier molecular flexibility index (Phi) is 5.77. The molecule has 0 aliphatic rings. The van der Waals surface area contributed by atoms with Crippen LogP contribution < -0.4 is 5.32 Å². The number of rotatable bonds is 5. The number of nitrogens with one attached hydrogen (secondary N) is 1. The van der Waals surface area contributed by atoms with E-state index in [2.05, 4.69) is 11.4 Å². The number of carbonyl (C=O) groups is 1. The standard InChI is InChI=1S/C12H13IN2O2/c13-10-5-4-9(8-11(10)16)12(17)15-7-3-1-2-6-14/h4-5,8,16H,1-3,7H2,(H,15,17). The third kappa shape index (κ3) is 4.61. The summed E-state index contributed by atoms with van der Waals surface area (Å²) in [6.45, 7) is 0.549. The summed E-state index contributed by atoms with van der Waals surface area (Å²) in [5.41, 5.74) is 0.447. The molecule has 1 amide bonds. The number of phenolic OH excluding ortho intramolecular Hbond substituents is 1. The van der Waals surface area contributed by atoms with Crippen LogP contribution in [0.1, 0.15) is 29.6 Å². The monoisotopic (exact) mass is 344 g/mol. The maximum Gasteiger partial charge on any atom is 0.251 e. The first-order chi connectivity index (χ1) is 8.15. The quantitative estimate of drug-likeness (QED) is 0.637. The van der Waals surface area contributed by atoms with Gasteiger partial charge in [0.15, 0.2) is 0 Å². The van der Waals surface area contributed by atoms with E-state index < -0.39 is 0 Å². The number of nitriles is 1. The van der Waals surface area contributed by atoms with Crippen molar-refractivity contribution >= 4 is 28.5 Å². The maximum absolute atomic E-state index is 11.7. The molecule has 1 rings (SSSR count). The SMILES string of the molecule is N#CCCCCNC(=O)c1ccc(I)c(O)c1. The van der Waals surface area contributed by atoms with Gasteiger partial charge >= 0.3 is 0 Å². The van der Waals surface area contributed by atoms with Gasteiger partial charge in [-0.15, -0.1) is 0 Å². The van der Waals surface area contributed by atoms with Gasteiger partial charge in [0, 0.05) is 18.5 Å². The van der Waals surface area contributed by atoms with Gasteiger partial charge in [0.05, 0.1) is 9.64 Å². The van der Waals surface area contributed by atoms with Crippen LogP contribution in [0.15, 0.2) is 18.2 Å². The lowest BCUT2D eigenvalue weighted by atomic mass is 10.2. The third-order valence-electron chi connectivity index (χ3n) is 2.21. The molecule has 1 aromatic carbocycles. The van der Waals surface area contributed by atoms with Crippen molar-refractivity contribution in [2.75, 3.05) is 6.54 Å². The molecule has 5 heteroatoms. The molecule has 90 valence electrons. The zero-order valence-corrected chi connectivity index (χ0v) is 11.4. The molecule has 0 saturated carbocycles. The smallest absolute Gasteiger partial charge is 0.251 e. The normalized spacial score (nSPS) is 9.65. The van der Waals surface area contributed by atoms with Gasteiger partial charge in [-0.05, 0) is 53.6 Å². The molecule has 0 aliphatic carbocycles. The molecule has 2 N–H and O–H groups in total. The fraction of sp³-hybridized carbons (Fsp3) is 0.333. The fourth-order valence-electron chi connectivity index (χ4n) is 1.29. The van der Waals surface area contributed by atoms with Crippen molar-refractivity contribution < 1.29 is 9.90 Å². The second-order valence-corrected chi connectivity index (χ2v) is 4.70. The number of halogens is 1. The number of hydrogen-bond acceptors (Lipinski definition) is 3. The second-order valence-electron chi connectivity index (χ2n) is 3.54. The summed E-state index contributed by atoms with van der Waals surface area (Å²) in [5.74, 6) is -0.0867. The van der Waals surface area contributed by atoms with Crippen LogP contribution in [0.25, 0.3) is 0 Å². The molecule has 0 heterocycles. The molecule has 0 unspecified atom stereocenters. The molecule has 0 radical (unpaired) electrons. The van der Waals surface area contributed by atoms with Crippen molar-refractivity contribution in [3.63, 3.8) is 0 Å². The molecule has 1 aromatic rings. The first-order valence-electron chi connectivity index (χ1n) is 5.29. The predicted molar refractivity (Wildman–Crippen MR) is 72.6 cm³/mol. The summed E-state index contributed by atoms with van der Waals surface area (Å²) in [7, 11) is 0. The van der Waals surface area contributed by atoms with E-state index in [-0.39, 0.29) is 11.7 Å². The van der Waals surface area contributed by atoms with E-state index in [1.807, 2.05) is 22.6 Å². The Labute approximate surface area is 114 Å². The second kappa shape index (κ2) is 7.12. The Morgan fingerprint density at radius 2 is 2.24 bits per heavy atom. The Morgan fingerprint density at radius 3 is 2.88 bits per heavy atom. The number of aromatic hydroxyl groups is 1. The summed E-state index contributed by atoms with van der Waals surface area (Å²) >= 11 is 2.00. The molecule has 0 spiro atoms. The van der Waals surface area contributed by atoms with E-state index in [1.165, 1.54) is 6.07 Å². The lowest BCUT2D eigenvalue weighted by Crippen LogP contribution is -2.24. The molecular weight excluding hydrogens is 331 g/mol. The first-order valence-corrected chi connectivity index (χ1v) is 6.36. The van der Waals surface area contributed by atoms with Gasteiger partial charge in [0.2, 0.25) is 0 Å². The van der Waals surface area contributed by atoms with E-state index in [4.69, 9.17) is 5.26 Å². The van der Waals surface area contributed by atoms with Gasteiger partial charge in [0.1, 0.15) is 5.75 Å². The topological polar surface area (TPSA) is 73.1 Å². The minimum absolute atomic E-state index is 0.114. The summed E-state index contributed by atoms with van der Waals surface area (Å²) < 4.78 is 0.716. The lowest BCUT2D eigenvalue weighted by molar-refractivity contribution is 0.0952. The van der Waals surface area contributed by atoms with Crippen LogP contribution >= 0.6 is 22.6 Å². The van der Waals surface area contributed by atoms with E-state index in [0.29, 0.717) is 22.1 Å². The Morgan fingerprint density at radius 1 is 1.47 bits per heavy atom. The van der Waals surface area contributed by atoms with Crippen molar-refractivity contribution in [2.24, 2.45) is 0 Å². The van der Waals surface area contributed by atoms with Gasteiger partial charge in [-0.3, -0.25) is 4.79 Å². The first kappa shape index (κ1) is 13.8. The molecule has 0 fully saturated rings. The Bertz CT molecular complexity index is 441. The maximum atomic E-state index is 11.7. The van der Waals surface area contributed by atoms with Crippen LogP contribution in [0.3, 0.4) is 0 Å². The van der Waals surface area contributed by atoms with E-state index in [1.54, 1.807) is 12.1 Å². The van der Waals surface area contributed by atoms with Gasteiger partial charge < -0.3 is 10.4 Å². The highest BCUT2D eigenvalue weighted by molar-refractivity contribution is 14.1. The molecule has 0 atom stereocenters. The zero-order valence-electron chi connectivity index (χ0n) is 9.24. The zero-order chi connectivity index (χ0) is 12.7. The third-order valence-corrected chi connectivity index (χ3v) is 3.12. The average Bonchev–Trinajstić information content (AvgIpc) is 2.32. The van der Waals surface area contributed by atoms with E-state index in [9.17, 15) is 9.90 Å². The summed E-state index contributed by atoms with van der Waals surface area (Å²) in [5, 5.41) is 20.6. The summed E-state index contributed by atoms with van der Waals surface area (Å²) in [6, 6.07) is 6.87. The molecule has 0 aromatic heterocycles. The van der Waals surface area contributed by atoms with Crippen LogP contribution in [0.4, 0.5) is 0 Å². The van der Waals surface area contributed by atoms with E-state index in [0.717, 1.165) is 12.8 Å². The highest BCUT2D eigenvalue weighted by Gasteiger charge is 2.07. The molecule has 17 heavy (non-hydrogen) atoms. The molecule has 0 aliphatic heterocycles. The molecule has 0 bridgehead atoms. The van der Waals surface area contributed by atoms with Crippen molar-refractivity contribution in [3.8, 4) is 11.8 Å². The highest BCUT2D eigenvalue weighted by atomic mass is 127. The van der Waals surface area contributed by atoms with Crippen LogP contribution in [-0.4, -0.2) is 17.6 Å². The van der Waals surface area contributed by atoms with Gasteiger partial charge in [-0.25, -0.2) is 0 Å². The Hall–Kier alpha value is -1.29. The van der Waals surface area contributed by atoms with Gasteiger partial charge in [-0.1, -0.05) is 0 Å². The number of benzene rings is 1. The molecule has 4 nitrogen and oxygen atoms in total. The van der Waals surface area contributed by atoms with Crippen molar-refractivity contribution in [1.29, 1.82) is 5.26 Å². The van der Waals surface area contributed by atoms with Gasteiger partial charge in [0.25, 0.3) is 5.91 Å². The van der Waals surface area contributed by atoms with E-state index >= 15 is 0 Å². The summed E-state index contributed by atoms with van der Waals surface area (Å²) in [6.07, 6.45) is 2.09. The van der Waals surface area contributed by atoms with Gasteiger partial charge in [-0.2, -0.15) is 5.26 Å². The van der Waals surface area contributed by atoms with Crippen molar-refractivity contribution in [1.82, 2.24) is 5.32 Å². The average molecular weight is 344 g/mol. The number of phenols is 1. The minimum Gasteiger partial charge on any atom is -0.507 e. The highest BCUT2D eigenvalue weighted by Crippen LogP contribution is 2.20. The van der Waals surface area contributed by atoms with Crippen LogP contribution in [0.5, 0.6) is 5.75 Å². The Balaban J connectivity index is 2.42. The molecule has 0 saturated heterocycles. The predicted octanol–water partition coefficient (Wildman–Crippen LogP) is 2.42. The largest absolute Gasteiger partial charge is 0.507 e. The van der Waals surface area contributed by atoms with Crippen molar-refractivity contribution in [2.45, 2.75) is 19.3 Å². The van der Waals surface area contributed by atoms with Crippen LogP contribution in [0, 0.1) is 14.9 Å². The van der Waals surface area contributed by atoms with Crippen LogP contribution in [-0.2, 0) is 0 Å². The number of amides is 1. The molecular formula is C12H13IN2O2. The number of hydrogen-bond donors (Lipinski definition) is 2. The number of carbonyl (C=O) groups excluding carboxylic acids is 1. The van der Waals surface area contributed by atoms with Crippen molar-refractivity contribution in [3.05, 3.63) is 27.3 Å². The van der Waals surface area contributed by atoms with Crippen LogP contribution in [0.2, 0.25) is 0 Å². The summed E-state index contributed by atoms with van der Waals surface area (Å²) in [4.78, 5) is 11.7. The number of nitrogens with zero attached hydrogens (tertiary/aromatic N) is 1.